The van der Waals surface area contributed by atoms with E-state index in [-0.39, 0.29) is 5.91 Å². The summed E-state index contributed by atoms with van der Waals surface area (Å²) in [5.41, 5.74) is 2.65. The minimum absolute atomic E-state index is 0.318. The molecule has 0 fully saturated rings. The molecule has 2 aromatic rings. The number of carboxylic acids is 1. The van der Waals surface area contributed by atoms with Gasteiger partial charge in [-0.25, -0.2) is 0 Å². The second-order valence-electron chi connectivity index (χ2n) is 6.19. The van der Waals surface area contributed by atoms with Gasteiger partial charge in [0.1, 0.15) is 12.4 Å². The lowest BCUT2D eigenvalue weighted by Gasteiger charge is -2.18. The van der Waals surface area contributed by atoms with Gasteiger partial charge in [-0.15, -0.1) is 0 Å². The number of ether oxygens (including phenoxy) is 1. The van der Waals surface area contributed by atoms with Gasteiger partial charge in [-0.2, -0.15) is 0 Å². The van der Waals surface area contributed by atoms with Crippen molar-refractivity contribution >= 4 is 11.9 Å². The van der Waals surface area contributed by atoms with Crippen molar-refractivity contribution in [1.29, 1.82) is 0 Å². The Hall–Kier alpha value is -2.82. The maximum atomic E-state index is 12.3. The zero-order valence-electron chi connectivity index (χ0n) is 14.7. The lowest BCUT2D eigenvalue weighted by atomic mass is 10.0. The minimum atomic E-state index is -0.942. The van der Waals surface area contributed by atoms with Gasteiger partial charge >= 0.3 is 5.97 Å². The number of hydrogen-bond donors (Lipinski definition) is 2. The molecule has 25 heavy (non-hydrogen) atoms. The van der Waals surface area contributed by atoms with E-state index in [2.05, 4.69) is 5.32 Å². The molecule has 0 saturated carbocycles. The van der Waals surface area contributed by atoms with Crippen LogP contribution < -0.4 is 10.1 Å². The number of aryl methyl sites for hydroxylation is 1. The van der Waals surface area contributed by atoms with Crippen LogP contribution in [0.25, 0.3) is 0 Å². The molecule has 2 aromatic carbocycles. The number of nitrogens with one attached hydrogen (secondary N) is 1. The Morgan fingerprint density at radius 1 is 1.12 bits per heavy atom. The van der Waals surface area contributed by atoms with Gasteiger partial charge < -0.3 is 15.2 Å². The number of rotatable bonds is 7. The van der Waals surface area contributed by atoms with Crippen LogP contribution in [0.5, 0.6) is 5.75 Å². The van der Waals surface area contributed by atoms with Gasteiger partial charge in [-0.1, -0.05) is 35.9 Å². The maximum absolute atomic E-state index is 12.3. The Morgan fingerprint density at radius 3 is 2.52 bits per heavy atom. The maximum Gasteiger partial charge on any atom is 0.308 e. The molecule has 2 rings (SSSR count). The van der Waals surface area contributed by atoms with Crippen molar-refractivity contribution in [2.75, 3.05) is 0 Å². The predicted octanol–water partition coefficient (Wildman–Crippen LogP) is 3.41. The molecule has 0 heterocycles. The summed E-state index contributed by atoms with van der Waals surface area (Å²) in [4.78, 5) is 23.3. The summed E-state index contributed by atoms with van der Waals surface area (Å²) in [5, 5.41) is 11.7. The van der Waals surface area contributed by atoms with Crippen molar-refractivity contribution in [3.05, 3.63) is 65.2 Å². The van der Waals surface area contributed by atoms with Crippen LogP contribution in [-0.2, 0) is 11.4 Å². The Balaban J connectivity index is 2.00. The highest BCUT2D eigenvalue weighted by Gasteiger charge is 2.21. The molecule has 0 aliphatic carbocycles. The number of carbonyl (C=O) groups is 2. The Bertz CT molecular complexity index is 757. The second kappa shape index (κ2) is 8.33. The topological polar surface area (TPSA) is 75.6 Å². The number of benzene rings is 2. The van der Waals surface area contributed by atoms with Crippen LogP contribution in [-0.4, -0.2) is 23.0 Å². The van der Waals surface area contributed by atoms with Crippen molar-refractivity contribution in [3.8, 4) is 5.75 Å². The molecule has 0 saturated heterocycles. The molecule has 0 aromatic heterocycles. The molecule has 5 heteroatoms. The van der Waals surface area contributed by atoms with Gasteiger partial charge in [-0.05, 0) is 44.5 Å². The summed E-state index contributed by atoms with van der Waals surface area (Å²) in [7, 11) is 0. The average Bonchev–Trinajstić information content (AvgIpc) is 2.59. The van der Waals surface area contributed by atoms with Crippen LogP contribution in [0.4, 0.5) is 0 Å². The molecule has 2 unspecified atom stereocenters. The highest BCUT2D eigenvalue weighted by molar-refractivity contribution is 5.95. The van der Waals surface area contributed by atoms with Gasteiger partial charge in [0.25, 0.3) is 5.91 Å². The monoisotopic (exact) mass is 341 g/mol. The van der Waals surface area contributed by atoms with E-state index in [0.29, 0.717) is 17.9 Å². The van der Waals surface area contributed by atoms with Crippen LogP contribution in [0.15, 0.2) is 48.5 Å². The third-order valence-electron chi connectivity index (χ3n) is 4.08. The summed E-state index contributed by atoms with van der Waals surface area (Å²) in [5.74, 6) is -1.33. The lowest BCUT2D eigenvalue weighted by Crippen LogP contribution is -2.40. The number of carbonyl (C=O) groups excluding carboxylic acids is 1. The quantitative estimate of drug-likeness (QED) is 0.809. The average molecular weight is 341 g/mol. The van der Waals surface area contributed by atoms with Crippen molar-refractivity contribution in [2.24, 2.45) is 5.92 Å². The highest BCUT2D eigenvalue weighted by Crippen LogP contribution is 2.16. The standard InChI is InChI=1S/C20H23NO4/c1-13-6-4-7-16(10-13)12-25-18-9-5-8-17(11-18)19(22)21-15(3)14(2)20(23)24/h4-11,14-15H,12H2,1-3H3,(H,21,22)(H,23,24). The van der Waals surface area contributed by atoms with Crippen molar-refractivity contribution in [2.45, 2.75) is 33.4 Å². The smallest absolute Gasteiger partial charge is 0.308 e. The van der Waals surface area contributed by atoms with E-state index in [0.717, 1.165) is 11.1 Å². The Kier molecular flexibility index (Phi) is 6.17. The van der Waals surface area contributed by atoms with Gasteiger partial charge in [0.05, 0.1) is 5.92 Å². The molecule has 0 bridgehead atoms. The molecule has 2 atom stereocenters. The largest absolute Gasteiger partial charge is 0.489 e. The van der Waals surface area contributed by atoms with Crippen LogP contribution in [0.2, 0.25) is 0 Å². The van der Waals surface area contributed by atoms with E-state index < -0.39 is 17.9 Å². The second-order valence-corrected chi connectivity index (χ2v) is 6.19. The molecule has 0 aliphatic heterocycles. The van der Waals surface area contributed by atoms with Crippen LogP contribution in [0.3, 0.4) is 0 Å². The van der Waals surface area contributed by atoms with E-state index in [1.165, 1.54) is 0 Å². The van der Waals surface area contributed by atoms with E-state index >= 15 is 0 Å². The number of aliphatic carboxylic acids is 1. The molecule has 2 N–H and O–H groups in total. The first kappa shape index (κ1) is 18.5. The number of amides is 1. The van der Waals surface area contributed by atoms with Crippen LogP contribution in [0, 0.1) is 12.8 Å². The van der Waals surface area contributed by atoms with Gasteiger partial charge in [0.2, 0.25) is 0 Å². The van der Waals surface area contributed by atoms with Gasteiger partial charge in [0, 0.05) is 11.6 Å². The third-order valence-corrected chi connectivity index (χ3v) is 4.08. The molecular weight excluding hydrogens is 318 g/mol. The van der Waals surface area contributed by atoms with Gasteiger partial charge in [0.15, 0.2) is 0 Å². The first-order valence-corrected chi connectivity index (χ1v) is 8.19. The molecule has 0 aliphatic rings. The molecule has 0 spiro atoms. The molecular formula is C20H23NO4. The Labute approximate surface area is 147 Å². The lowest BCUT2D eigenvalue weighted by molar-refractivity contribution is -0.141. The van der Waals surface area contributed by atoms with E-state index in [1.807, 2.05) is 31.2 Å². The van der Waals surface area contributed by atoms with Crippen molar-refractivity contribution < 1.29 is 19.4 Å². The highest BCUT2D eigenvalue weighted by atomic mass is 16.5. The van der Waals surface area contributed by atoms with E-state index in [1.54, 1.807) is 38.1 Å². The Morgan fingerprint density at radius 2 is 1.84 bits per heavy atom. The normalized spacial score (nSPS) is 12.9. The van der Waals surface area contributed by atoms with Crippen molar-refractivity contribution in [1.82, 2.24) is 5.32 Å². The first-order chi connectivity index (χ1) is 11.9. The number of hydrogen-bond acceptors (Lipinski definition) is 3. The third kappa shape index (κ3) is 5.35. The first-order valence-electron chi connectivity index (χ1n) is 8.19. The minimum Gasteiger partial charge on any atom is -0.489 e. The summed E-state index contributed by atoms with van der Waals surface area (Å²) in [6.45, 7) is 5.68. The fourth-order valence-corrected chi connectivity index (χ4v) is 2.32. The molecule has 132 valence electrons. The van der Waals surface area contributed by atoms with E-state index in [9.17, 15) is 9.59 Å². The molecule has 1 amide bonds. The molecule has 5 nitrogen and oxygen atoms in total. The fraction of sp³-hybridized carbons (Fsp3) is 0.300. The number of carboxylic acid groups (broad SMARTS) is 1. The summed E-state index contributed by atoms with van der Waals surface area (Å²) in [6.07, 6.45) is 0. The zero-order chi connectivity index (χ0) is 18.4. The van der Waals surface area contributed by atoms with E-state index in [4.69, 9.17) is 9.84 Å². The summed E-state index contributed by atoms with van der Waals surface area (Å²) < 4.78 is 5.75. The van der Waals surface area contributed by atoms with Crippen LogP contribution in [0.1, 0.15) is 35.3 Å². The fourth-order valence-electron chi connectivity index (χ4n) is 2.32. The SMILES string of the molecule is Cc1cccc(COc2cccc(C(=O)NC(C)C(C)C(=O)O)c2)c1. The molecule has 0 radical (unpaired) electrons. The van der Waals surface area contributed by atoms with Crippen molar-refractivity contribution in [3.63, 3.8) is 0 Å². The predicted molar refractivity (Wildman–Crippen MR) is 95.7 cm³/mol. The van der Waals surface area contributed by atoms with Crippen LogP contribution >= 0.6 is 0 Å². The zero-order valence-corrected chi connectivity index (χ0v) is 14.7. The summed E-state index contributed by atoms with van der Waals surface area (Å²) >= 11 is 0. The van der Waals surface area contributed by atoms with Gasteiger partial charge in [-0.3, -0.25) is 9.59 Å². The summed E-state index contributed by atoms with van der Waals surface area (Å²) in [6, 6.07) is 14.4.